The number of hydrogen-bond donors (Lipinski definition) is 2. The molecule has 1 amide bonds. The van der Waals surface area contributed by atoms with Crippen LogP contribution in [0.4, 0.5) is 4.79 Å². The minimum atomic E-state index is -1.55. The van der Waals surface area contributed by atoms with Crippen LogP contribution in [0.5, 0.6) is 0 Å². The lowest BCUT2D eigenvalue weighted by molar-refractivity contribution is 0.0223. The Hall–Kier alpha value is -1.60. The molecule has 0 radical (unpaired) electrons. The second-order valence-corrected chi connectivity index (χ2v) is 5.90. The van der Waals surface area contributed by atoms with Gasteiger partial charge in [-0.05, 0) is 26.3 Å². The van der Waals surface area contributed by atoms with E-state index in [0.29, 0.717) is 25.0 Å². The summed E-state index contributed by atoms with van der Waals surface area (Å²) in [5.41, 5.74) is 1.51. The molecule has 2 heterocycles. The monoisotopic (exact) mass is 278 g/mol. The number of rotatable bonds is 1. The summed E-state index contributed by atoms with van der Waals surface area (Å²) in [6, 6.07) is 1.67. The summed E-state index contributed by atoms with van der Waals surface area (Å²) in [4.78, 5) is 17.8. The van der Waals surface area contributed by atoms with Crippen molar-refractivity contribution in [1.82, 2.24) is 9.88 Å². The summed E-state index contributed by atoms with van der Waals surface area (Å²) in [7, 11) is -1.55. The van der Waals surface area contributed by atoms with Crippen LogP contribution in [0.25, 0.3) is 0 Å². The molecule has 0 saturated carbocycles. The summed E-state index contributed by atoms with van der Waals surface area (Å²) in [5.74, 6) is 0. The molecule has 0 saturated heterocycles. The van der Waals surface area contributed by atoms with E-state index in [4.69, 9.17) is 14.8 Å². The van der Waals surface area contributed by atoms with Gasteiger partial charge in [-0.2, -0.15) is 0 Å². The van der Waals surface area contributed by atoms with Gasteiger partial charge >= 0.3 is 13.2 Å². The van der Waals surface area contributed by atoms with Gasteiger partial charge in [-0.3, -0.25) is 4.98 Å². The van der Waals surface area contributed by atoms with Crippen LogP contribution in [0.3, 0.4) is 0 Å². The number of carbonyl (C=O) groups is 1. The molecule has 0 aliphatic carbocycles. The fourth-order valence-corrected chi connectivity index (χ4v) is 2.07. The van der Waals surface area contributed by atoms with E-state index in [9.17, 15) is 4.79 Å². The molecule has 1 aromatic rings. The van der Waals surface area contributed by atoms with Gasteiger partial charge in [0, 0.05) is 30.3 Å². The second-order valence-electron chi connectivity index (χ2n) is 5.90. The zero-order valence-electron chi connectivity index (χ0n) is 12.0. The van der Waals surface area contributed by atoms with Crippen LogP contribution < -0.4 is 5.46 Å². The van der Waals surface area contributed by atoms with Crippen molar-refractivity contribution in [2.24, 2.45) is 0 Å². The highest BCUT2D eigenvalue weighted by molar-refractivity contribution is 6.58. The number of ether oxygens (including phenoxy) is 1. The summed E-state index contributed by atoms with van der Waals surface area (Å²) in [6.45, 7) is 6.40. The third-order valence-electron chi connectivity index (χ3n) is 3.01. The molecule has 1 aromatic heterocycles. The Morgan fingerprint density at radius 3 is 2.75 bits per heavy atom. The molecule has 6 nitrogen and oxygen atoms in total. The lowest BCUT2D eigenvalue weighted by atomic mass is 9.80. The SMILES string of the molecule is CC(C)(C)OC(=O)N1CCc2ncc(B(O)O)cc2C1. The molecule has 0 aromatic carbocycles. The number of carbonyl (C=O) groups excluding carboxylic acids is 1. The van der Waals surface area contributed by atoms with Crippen LogP contribution in [0.2, 0.25) is 0 Å². The molecule has 0 spiro atoms. The number of amides is 1. The Bertz CT molecular complexity index is 514. The van der Waals surface area contributed by atoms with Crippen LogP contribution in [0.1, 0.15) is 32.0 Å². The molecule has 108 valence electrons. The molecule has 0 atom stereocenters. The van der Waals surface area contributed by atoms with Gasteiger partial charge in [0.2, 0.25) is 0 Å². The van der Waals surface area contributed by atoms with E-state index in [1.165, 1.54) is 6.20 Å². The standard InChI is InChI=1S/C13H19BN2O4/c1-13(2,3)20-12(17)16-5-4-11-9(8-16)6-10(7-15-11)14(18)19/h6-7,18-19H,4-5,8H2,1-3H3. The molecule has 0 bridgehead atoms. The largest absolute Gasteiger partial charge is 0.490 e. The Morgan fingerprint density at radius 1 is 1.45 bits per heavy atom. The fraction of sp³-hybridized carbons (Fsp3) is 0.538. The molecular weight excluding hydrogens is 259 g/mol. The smallest absolute Gasteiger partial charge is 0.444 e. The van der Waals surface area contributed by atoms with Gasteiger partial charge in [-0.15, -0.1) is 0 Å². The van der Waals surface area contributed by atoms with Crippen LogP contribution in [-0.4, -0.2) is 45.3 Å². The van der Waals surface area contributed by atoms with Crippen LogP contribution >= 0.6 is 0 Å². The average molecular weight is 278 g/mol. The van der Waals surface area contributed by atoms with E-state index in [2.05, 4.69) is 4.98 Å². The number of pyridine rings is 1. The Kier molecular flexibility index (Phi) is 4.01. The first-order chi connectivity index (χ1) is 9.26. The third-order valence-corrected chi connectivity index (χ3v) is 3.01. The van der Waals surface area contributed by atoms with E-state index in [0.717, 1.165) is 11.3 Å². The molecule has 1 aliphatic heterocycles. The minimum Gasteiger partial charge on any atom is -0.444 e. The maximum Gasteiger partial charge on any atom is 0.490 e. The summed E-state index contributed by atoms with van der Waals surface area (Å²) in [6.07, 6.45) is 1.72. The van der Waals surface area contributed by atoms with E-state index in [1.807, 2.05) is 20.8 Å². The Labute approximate surface area is 118 Å². The molecule has 7 heteroatoms. The Morgan fingerprint density at radius 2 is 2.15 bits per heavy atom. The predicted molar refractivity (Wildman–Crippen MR) is 74.4 cm³/mol. The number of hydrogen-bond acceptors (Lipinski definition) is 5. The summed E-state index contributed by atoms with van der Waals surface area (Å²) >= 11 is 0. The van der Waals surface area contributed by atoms with E-state index in [-0.39, 0.29) is 6.09 Å². The van der Waals surface area contributed by atoms with E-state index < -0.39 is 12.7 Å². The van der Waals surface area contributed by atoms with Gasteiger partial charge in [0.25, 0.3) is 0 Å². The van der Waals surface area contributed by atoms with Crippen LogP contribution in [0.15, 0.2) is 12.3 Å². The van der Waals surface area contributed by atoms with Crippen molar-refractivity contribution in [2.75, 3.05) is 6.54 Å². The Balaban J connectivity index is 2.13. The topological polar surface area (TPSA) is 82.9 Å². The van der Waals surface area contributed by atoms with Crippen molar-refractivity contribution in [1.29, 1.82) is 0 Å². The number of aromatic nitrogens is 1. The lowest BCUT2D eigenvalue weighted by Crippen LogP contribution is -2.41. The van der Waals surface area contributed by atoms with Crippen molar-refractivity contribution in [2.45, 2.75) is 39.3 Å². The molecule has 0 unspecified atom stereocenters. The predicted octanol–water partition coefficient (Wildman–Crippen LogP) is 0.0546. The maximum absolute atomic E-state index is 12.0. The second kappa shape index (κ2) is 5.42. The van der Waals surface area contributed by atoms with E-state index >= 15 is 0 Å². The van der Waals surface area contributed by atoms with Crippen molar-refractivity contribution in [3.63, 3.8) is 0 Å². The first-order valence-electron chi connectivity index (χ1n) is 6.58. The molecule has 1 aliphatic rings. The van der Waals surface area contributed by atoms with Gasteiger partial charge in [0.1, 0.15) is 5.60 Å². The minimum absolute atomic E-state index is 0.329. The number of fused-ring (bicyclic) bond motifs is 1. The third kappa shape index (κ3) is 3.49. The highest BCUT2D eigenvalue weighted by Crippen LogP contribution is 2.18. The highest BCUT2D eigenvalue weighted by atomic mass is 16.6. The molecule has 2 rings (SSSR count). The quantitative estimate of drug-likeness (QED) is 0.709. The summed E-state index contributed by atoms with van der Waals surface area (Å²) in [5, 5.41) is 18.3. The lowest BCUT2D eigenvalue weighted by Gasteiger charge is -2.30. The van der Waals surface area contributed by atoms with Gasteiger partial charge in [0.05, 0.1) is 6.54 Å². The van der Waals surface area contributed by atoms with Crippen LogP contribution in [0, 0.1) is 0 Å². The highest BCUT2D eigenvalue weighted by Gasteiger charge is 2.27. The molecule has 20 heavy (non-hydrogen) atoms. The van der Waals surface area contributed by atoms with E-state index in [1.54, 1.807) is 11.0 Å². The number of nitrogens with zero attached hydrogens (tertiary/aromatic N) is 2. The fourth-order valence-electron chi connectivity index (χ4n) is 2.07. The van der Waals surface area contributed by atoms with Crippen molar-refractivity contribution < 1.29 is 19.6 Å². The van der Waals surface area contributed by atoms with Gasteiger partial charge in [0.15, 0.2) is 0 Å². The molecule has 0 fully saturated rings. The summed E-state index contributed by atoms with van der Waals surface area (Å²) < 4.78 is 5.34. The first-order valence-corrected chi connectivity index (χ1v) is 6.58. The first kappa shape index (κ1) is 14.8. The molecular formula is C13H19BN2O4. The van der Waals surface area contributed by atoms with Gasteiger partial charge < -0.3 is 19.7 Å². The zero-order chi connectivity index (χ0) is 14.9. The van der Waals surface area contributed by atoms with Crippen molar-refractivity contribution in [3.05, 3.63) is 23.5 Å². The molecule has 2 N–H and O–H groups in total. The average Bonchev–Trinajstić information content (AvgIpc) is 2.35. The van der Waals surface area contributed by atoms with Crippen molar-refractivity contribution in [3.8, 4) is 0 Å². The normalized spacial score (nSPS) is 14.8. The van der Waals surface area contributed by atoms with Crippen LogP contribution in [-0.2, 0) is 17.7 Å². The maximum atomic E-state index is 12.0. The zero-order valence-corrected chi connectivity index (χ0v) is 12.0. The van der Waals surface area contributed by atoms with Gasteiger partial charge in [-0.1, -0.05) is 6.07 Å². The van der Waals surface area contributed by atoms with Gasteiger partial charge in [-0.25, -0.2) is 4.79 Å². The van der Waals surface area contributed by atoms with Crippen molar-refractivity contribution >= 4 is 18.7 Å².